The lowest BCUT2D eigenvalue weighted by Gasteiger charge is -2.32. The van der Waals surface area contributed by atoms with E-state index in [1.807, 2.05) is 23.2 Å². The molecule has 1 saturated heterocycles. The van der Waals surface area contributed by atoms with Gasteiger partial charge in [-0.15, -0.1) is 0 Å². The topological polar surface area (TPSA) is 96.2 Å². The average molecular weight is 539 g/mol. The Balaban J connectivity index is 1.20. The molecule has 8 nitrogen and oxygen atoms in total. The van der Waals surface area contributed by atoms with Crippen LogP contribution < -0.4 is 10.9 Å². The highest BCUT2D eigenvalue weighted by atomic mass is 16.3. The molecule has 3 aliphatic rings. The van der Waals surface area contributed by atoms with Crippen molar-refractivity contribution in [1.82, 2.24) is 24.4 Å². The molecule has 208 valence electrons. The predicted molar refractivity (Wildman–Crippen MR) is 158 cm³/mol. The number of likely N-dealkylation sites (tertiary alicyclic amines) is 1. The molecule has 0 unspecified atom stereocenters. The van der Waals surface area contributed by atoms with Crippen LogP contribution in [0.4, 0.5) is 5.95 Å². The Labute approximate surface area is 234 Å². The Morgan fingerprint density at radius 2 is 1.68 bits per heavy atom. The molecule has 3 aromatic heterocycles. The van der Waals surface area contributed by atoms with E-state index >= 15 is 0 Å². The molecule has 0 amide bonds. The number of aromatic nitrogens is 4. The van der Waals surface area contributed by atoms with Crippen molar-refractivity contribution in [3.8, 4) is 0 Å². The van der Waals surface area contributed by atoms with Crippen LogP contribution in [0.2, 0.25) is 0 Å². The number of piperidine rings is 1. The summed E-state index contributed by atoms with van der Waals surface area (Å²) in [5.74, 6) is 1.19. The first-order chi connectivity index (χ1) is 19.6. The number of rotatable bonds is 6. The summed E-state index contributed by atoms with van der Waals surface area (Å²) < 4.78 is 1.92. The number of hydrogen-bond acceptors (Lipinski definition) is 7. The van der Waals surface area contributed by atoms with Crippen molar-refractivity contribution in [1.29, 1.82) is 0 Å². The number of nitrogens with one attached hydrogen (secondary N) is 1. The third kappa shape index (κ3) is 4.99. The van der Waals surface area contributed by atoms with Crippen LogP contribution in [0.1, 0.15) is 80.9 Å². The second-order valence-electron chi connectivity index (χ2n) is 12.1. The molecule has 0 atom stereocenters. The first kappa shape index (κ1) is 25.6. The van der Waals surface area contributed by atoms with Gasteiger partial charge in [-0.2, -0.15) is 4.98 Å². The maximum Gasteiger partial charge on any atom is 0.260 e. The Morgan fingerprint density at radius 1 is 0.900 bits per heavy atom. The van der Waals surface area contributed by atoms with Gasteiger partial charge in [-0.3, -0.25) is 19.2 Å². The fourth-order valence-corrected chi connectivity index (χ4v) is 6.85. The van der Waals surface area contributed by atoms with Crippen LogP contribution in [0, 0.1) is 0 Å². The second kappa shape index (κ2) is 10.9. The van der Waals surface area contributed by atoms with E-state index in [2.05, 4.69) is 50.5 Å². The van der Waals surface area contributed by atoms with Crippen molar-refractivity contribution in [3.63, 3.8) is 0 Å². The lowest BCUT2D eigenvalue weighted by atomic mass is 9.90. The van der Waals surface area contributed by atoms with E-state index in [4.69, 9.17) is 4.98 Å². The first-order valence-corrected chi connectivity index (χ1v) is 15.0. The standard InChI is InChI=1S/C32H38N6O2/c39-26-7-5-25(6-8-26)38-30-29(19-34-32(36-30)35-24-2-1-3-24)27-9-4-21(18-28(27)31(38)40)20-37-16-12-23(13-17-37)22-10-14-33-15-11-22/h4,9-11,14-15,18-19,23-26,39H,1-3,5-8,12-13,16-17,20H2,(H,34,35,36). The number of aliphatic hydroxyl groups excluding tert-OH is 1. The molecule has 1 aromatic carbocycles. The molecule has 4 heterocycles. The summed E-state index contributed by atoms with van der Waals surface area (Å²) in [6.07, 6.45) is 14.2. The zero-order chi connectivity index (χ0) is 27.1. The number of pyridine rings is 2. The van der Waals surface area contributed by atoms with Crippen LogP contribution in [0.3, 0.4) is 0 Å². The fourth-order valence-electron chi connectivity index (χ4n) is 6.85. The van der Waals surface area contributed by atoms with Crippen LogP contribution in [0.15, 0.2) is 53.7 Å². The van der Waals surface area contributed by atoms with Gasteiger partial charge in [-0.05, 0) is 112 Å². The second-order valence-corrected chi connectivity index (χ2v) is 12.1. The molecule has 0 spiro atoms. The summed E-state index contributed by atoms with van der Waals surface area (Å²) in [5, 5.41) is 16.2. The Bertz CT molecular complexity index is 1550. The maximum atomic E-state index is 14.2. The minimum atomic E-state index is -0.279. The molecule has 7 rings (SSSR count). The molecule has 8 heteroatoms. The number of anilines is 1. The largest absolute Gasteiger partial charge is 0.393 e. The highest BCUT2D eigenvalue weighted by Gasteiger charge is 2.26. The quantitative estimate of drug-likeness (QED) is 0.327. The number of benzene rings is 1. The minimum Gasteiger partial charge on any atom is -0.393 e. The molecule has 40 heavy (non-hydrogen) atoms. The van der Waals surface area contributed by atoms with Crippen molar-refractivity contribution < 1.29 is 5.11 Å². The molecule has 4 aromatic rings. The number of nitrogens with zero attached hydrogens (tertiary/aromatic N) is 5. The Morgan fingerprint density at radius 3 is 2.40 bits per heavy atom. The lowest BCUT2D eigenvalue weighted by molar-refractivity contribution is 0.111. The van der Waals surface area contributed by atoms with Crippen LogP contribution in [0.5, 0.6) is 0 Å². The van der Waals surface area contributed by atoms with Gasteiger partial charge in [-0.25, -0.2) is 4.98 Å². The van der Waals surface area contributed by atoms with E-state index in [1.54, 1.807) is 0 Å². The monoisotopic (exact) mass is 538 g/mol. The third-order valence-electron chi connectivity index (χ3n) is 9.46. The van der Waals surface area contributed by atoms with Gasteiger partial charge >= 0.3 is 0 Å². The van der Waals surface area contributed by atoms with Gasteiger partial charge in [0.25, 0.3) is 5.56 Å². The van der Waals surface area contributed by atoms with E-state index in [0.29, 0.717) is 36.4 Å². The summed E-state index contributed by atoms with van der Waals surface area (Å²) in [7, 11) is 0. The molecular weight excluding hydrogens is 500 g/mol. The van der Waals surface area contributed by atoms with Crippen molar-refractivity contribution in [2.75, 3.05) is 18.4 Å². The number of hydrogen-bond donors (Lipinski definition) is 2. The molecule has 2 aliphatic carbocycles. The van der Waals surface area contributed by atoms with Gasteiger partial charge < -0.3 is 10.4 Å². The van der Waals surface area contributed by atoms with Crippen molar-refractivity contribution in [2.24, 2.45) is 0 Å². The van der Waals surface area contributed by atoms with E-state index in [9.17, 15) is 9.90 Å². The minimum absolute atomic E-state index is 0.0235. The smallest absolute Gasteiger partial charge is 0.260 e. The average Bonchev–Trinajstić information content (AvgIpc) is 2.97. The summed E-state index contributed by atoms with van der Waals surface area (Å²) >= 11 is 0. The van der Waals surface area contributed by atoms with Crippen molar-refractivity contribution in [2.45, 2.75) is 88.4 Å². The molecular formula is C32H38N6O2. The Kier molecular flexibility index (Phi) is 6.97. The van der Waals surface area contributed by atoms with Crippen LogP contribution in [0.25, 0.3) is 21.8 Å². The lowest BCUT2D eigenvalue weighted by Crippen LogP contribution is -2.33. The third-order valence-corrected chi connectivity index (χ3v) is 9.46. The van der Waals surface area contributed by atoms with Gasteiger partial charge in [0.05, 0.1) is 6.10 Å². The van der Waals surface area contributed by atoms with Gasteiger partial charge in [-0.1, -0.05) is 12.1 Å². The van der Waals surface area contributed by atoms with E-state index in [1.165, 1.54) is 17.5 Å². The highest BCUT2D eigenvalue weighted by molar-refractivity contribution is 6.04. The fraction of sp³-hybridized carbons (Fsp3) is 0.500. The molecule has 0 radical (unpaired) electrons. The Hall–Kier alpha value is -3.36. The highest BCUT2D eigenvalue weighted by Crippen LogP contribution is 2.33. The molecule has 1 aliphatic heterocycles. The molecule has 0 bridgehead atoms. The SMILES string of the molecule is O=c1c2cc(CN3CCC(c4ccncc4)CC3)ccc2c2cnc(NC3CCC3)nc2n1C1CCC(O)CC1. The predicted octanol–water partition coefficient (Wildman–Crippen LogP) is 5.16. The van der Waals surface area contributed by atoms with E-state index in [0.717, 1.165) is 74.3 Å². The summed E-state index contributed by atoms with van der Waals surface area (Å²) in [6.45, 7) is 2.93. The van der Waals surface area contributed by atoms with Crippen molar-refractivity contribution in [3.05, 3.63) is 70.4 Å². The van der Waals surface area contributed by atoms with Crippen molar-refractivity contribution >= 4 is 27.8 Å². The van der Waals surface area contributed by atoms with Gasteiger partial charge in [0.15, 0.2) is 0 Å². The first-order valence-electron chi connectivity index (χ1n) is 15.0. The maximum absolute atomic E-state index is 14.2. The van der Waals surface area contributed by atoms with Gasteiger partial charge in [0.2, 0.25) is 5.95 Å². The normalized spacial score (nSPS) is 22.9. The summed E-state index contributed by atoms with van der Waals surface area (Å²) in [5.41, 5.74) is 3.29. The summed E-state index contributed by atoms with van der Waals surface area (Å²) in [4.78, 5) is 30.4. The number of aliphatic hydroxyl groups is 1. The molecule has 3 fully saturated rings. The van der Waals surface area contributed by atoms with E-state index < -0.39 is 0 Å². The van der Waals surface area contributed by atoms with Gasteiger partial charge in [0.1, 0.15) is 5.65 Å². The van der Waals surface area contributed by atoms with Crippen LogP contribution in [-0.4, -0.2) is 54.8 Å². The van der Waals surface area contributed by atoms with Crippen LogP contribution >= 0.6 is 0 Å². The van der Waals surface area contributed by atoms with Gasteiger partial charge in [0, 0.05) is 48.0 Å². The zero-order valence-corrected chi connectivity index (χ0v) is 23.0. The molecule has 2 saturated carbocycles. The molecule has 2 N–H and O–H groups in total. The van der Waals surface area contributed by atoms with E-state index in [-0.39, 0.29) is 17.7 Å². The number of fused-ring (bicyclic) bond motifs is 3. The van der Waals surface area contributed by atoms with Crippen LogP contribution in [-0.2, 0) is 6.54 Å². The zero-order valence-electron chi connectivity index (χ0n) is 23.0. The summed E-state index contributed by atoms with van der Waals surface area (Å²) in [6, 6.07) is 11.1.